The van der Waals surface area contributed by atoms with Crippen molar-refractivity contribution in [1.82, 2.24) is 9.88 Å². The molecule has 1 amide bonds. The van der Waals surface area contributed by atoms with Gasteiger partial charge in [-0.1, -0.05) is 60.7 Å². The summed E-state index contributed by atoms with van der Waals surface area (Å²) in [5, 5.41) is 34.4. The van der Waals surface area contributed by atoms with Gasteiger partial charge in [0.1, 0.15) is 17.3 Å². The van der Waals surface area contributed by atoms with Crippen molar-refractivity contribution >= 4 is 18.0 Å². The number of aliphatic hydroxyl groups excluding tert-OH is 2. The number of aromatic nitrogens is 1. The number of aliphatic carboxylic acids is 1. The van der Waals surface area contributed by atoms with Crippen LogP contribution in [-0.4, -0.2) is 38.9 Å². The number of nitrogens with one attached hydrogen (secondary N) is 1. The number of amides is 1. The number of halogens is 2. The zero-order chi connectivity index (χ0) is 31.1. The van der Waals surface area contributed by atoms with Gasteiger partial charge in [0, 0.05) is 48.2 Å². The summed E-state index contributed by atoms with van der Waals surface area (Å²) in [6.45, 7) is 3.94. The first-order chi connectivity index (χ1) is 20.5. The Hall–Kier alpha value is -3.60. The van der Waals surface area contributed by atoms with E-state index in [1.54, 1.807) is 30.3 Å². The van der Waals surface area contributed by atoms with Crippen molar-refractivity contribution in [3.8, 4) is 22.3 Å². The van der Waals surface area contributed by atoms with Gasteiger partial charge in [-0.15, -0.1) is 0 Å². The molecule has 1 heterocycles. The minimum absolute atomic E-state index is 0. The van der Waals surface area contributed by atoms with Crippen molar-refractivity contribution in [2.75, 3.05) is 0 Å². The van der Waals surface area contributed by atoms with Crippen molar-refractivity contribution in [3.05, 3.63) is 114 Å². The first-order valence-electron chi connectivity index (χ1n) is 13.9. The summed E-state index contributed by atoms with van der Waals surface area (Å²) < 4.78 is 29.3. The Morgan fingerprint density at radius 2 is 1.45 bits per heavy atom. The fourth-order valence-electron chi connectivity index (χ4n) is 5.03. The van der Waals surface area contributed by atoms with Gasteiger partial charge in [0.2, 0.25) is 0 Å². The zero-order valence-electron chi connectivity index (χ0n) is 24.8. The first kappa shape index (κ1) is 34.9. The van der Waals surface area contributed by atoms with Crippen molar-refractivity contribution < 1.29 is 63.2 Å². The smallest absolute Gasteiger partial charge is 0.550 e. The van der Waals surface area contributed by atoms with Crippen LogP contribution in [-0.2, 0) is 11.3 Å². The summed E-state index contributed by atoms with van der Waals surface area (Å²) in [5.41, 5.74) is 4.13. The molecule has 0 aliphatic rings. The Morgan fingerprint density at radius 3 is 2.02 bits per heavy atom. The Kier molecular flexibility index (Phi) is 12.6. The molecule has 44 heavy (non-hydrogen) atoms. The van der Waals surface area contributed by atoms with E-state index >= 15 is 0 Å². The number of carbonyl (C=O) groups excluding carboxylic acids is 2. The molecule has 0 aliphatic carbocycles. The normalized spacial score (nSPS) is 12.6. The monoisotopic (exact) mass is 610 g/mol. The maximum absolute atomic E-state index is 14.0. The first-order valence-corrected chi connectivity index (χ1v) is 13.9. The van der Waals surface area contributed by atoms with Crippen molar-refractivity contribution in [3.63, 3.8) is 0 Å². The van der Waals surface area contributed by atoms with E-state index in [9.17, 15) is 33.7 Å². The molecule has 0 radical (unpaired) electrons. The van der Waals surface area contributed by atoms with Crippen LogP contribution in [0.4, 0.5) is 8.78 Å². The minimum Gasteiger partial charge on any atom is -0.550 e. The summed E-state index contributed by atoms with van der Waals surface area (Å²) in [4.78, 5) is 24.9. The fraction of sp³-hybridized carbons (Fsp3) is 0.235. The van der Waals surface area contributed by atoms with Crippen LogP contribution >= 0.6 is 0 Å². The number of hydrogen-bond acceptors (Lipinski definition) is 5. The second kappa shape index (κ2) is 15.9. The number of rotatable bonds is 12. The summed E-state index contributed by atoms with van der Waals surface area (Å²) in [6.07, 6.45) is -0.333. The molecular formula is C34H33F2N2NaO5. The van der Waals surface area contributed by atoms with Crippen molar-refractivity contribution in [2.45, 2.75) is 51.5 Å². The molecule has 4 rings (SSSR count). The van der Waals surface area contributed by atoms with Crippen molar-refractivity contribution in [1.29, 1.82) is 0 Å². The van der Waals surface area contributed by atoms with Crippen LogP contribution < -0.4 is 40.0 Å². The molecule has 4 aromatic rings. The minimum atomic E-state index is -1.43. The van der Waals surface area contributed by atoms with Gasteiger partial charge in [-0.05, 0) is 60.9 Å². The van der Waals surface area contributed by atoms with Crippen LogP contribution in [0.2, 0.25) is 0 Å². The Labute approximate surface area is 277 Å². The van der Waals surface area contributed by atoms with Gasteiger partial charge in [0.05, 0.1) is 12.2 Å². The molecule has 0 spiro atoms. The number of benzene rings is 3. The summed E-state index contributed by atoms with van der Waals surface area (Å²) in [6, 6.07) is 20.7. The molecule has 7 nitrogen and oxygen atoms in total. The molecule has 1 aromatic heterocycles. The molecule has 3 N–H and O–H groups in total. The molecule has 224 valence electrons. The molecule has 0 bridgehead atoms. The molecular weight excluding hydrogens is 577 g/mol. The van der Waals surface area contributed by atoms with E-state index in [1.165, 1.54) is 30.3 Å². The van der Waals surface area contributed by atoms with Gasteiger partial charge >= 0.3 is 29.6 Å². The van der Waals surface area contributed by atoms with E-state index in [2.05, 4.69) is 5.32 Å². The number of carboxylic acids is 1. The zero-order valence-corrected chi connectivity index (χ0v) is 26.8. The quantitative estimate of drug-likeness (QED) is 0.212. The van der Waals surface area contributed by atoms with Crippen LogP contribution in [0.15, 0.2) is 84.9 Å². The molecule has 0 aliphatic heterocycles. The number of hydrogen-bond donors (Lipinski definition) is 3. The van der Waals surface area contributed by atoms with Gasteiger partial charge in [-0.3, -0.25) is 4.79 Å². The van der Waals surface area contributed by atoms with Crippen LogP contribution in [0.3, 0.4) is 0 Å². The van der Waals surface area contributed by atoms with E-state index in [4.69, 9.17) is 0 Å². The van der Waals surface area contributed by atoms with Gasteiger partial charge in [0.15, 0.2) is 0 Å². The number of aliphatic hydroxyl groups is 2. The summed E-state index contributed by atoms with van der Waals surface area (Å²) in [5.74, 6) is -2.64. The van der Waals surface area contributed by atoms with Crippen LogP contribution in [0.1, 0.15) is 54.5 Å². The van der Waals surface area contributed by atoms with E-state index in [-0.39, 0.29) is 54.4 Å². The second-order valence-electron chi connectivity index (χ2n) is 10.5. The molecule has 2 atom stereocenters. The van der Waals surface area contributed by atoms with Gasteiger partial charge in [-0.25, -0.2) is 8.78 Å². The van der Waals surface area contributed by atoms with Crippen LogP contribution in [0, 0.1) is 11.6 Å². The Bertz CT molecular complexity index is 1590. The fourth-order valence-corrected chi connectivity index (χ4v) is 5.03. The predicted octanol–water partition coefficient (Wildman–Crippen LogP) is 1.88. The molecule has 0 fully saturated rings. The van der Waals surface area contributed by atoms with E-state index in [1.807, 2.05) is 48.7 Å². The van der Waals surface area contributed by atoms with Crippen LogP contribution in [0.5, 0.6) is 0 Å². The number of nitrogens with zero attached hydrogens (tertiary/aromatic N) is 1. The average Bonchev–Trinajstić information content (AvgIpc) is 3.31. The van der Waals surface area contributed by atoms with Gasteiger partial charge < -0.3 is 30.0 Å². The topological polar surface area (TPSA) is 115 Å². The molecule has 10 heteroatoms. The largest absolute Gasteiger partial charge is 1.00 e. The molecule has 0 unspecified atom stereocenters. The summed E-state index contributed by atoms with van der Waals surface area (Å²) in [7, 11) is 0. The third-order valence-electron chi connectivity index (χ3n) is 6.93. The van der Waals surface area contributed by atoms with Gasteiger partial charge in [-0.2, -0.15) is 0 Å². The second-order valence-corrected chi connectivity index (χ2v) is 10.5. The van der Waals surface area contributed by atoms with Crippen molar-refractivity contribution in [2.24, 2.45) is 0 Å². The molecule has 0 saturated carbocycles. The third-order valence-corrected chi connectivity index (χ3v) is 6.93. The maximum atomic E-state index is 14.0. The third kappa shape index (κ3) is 8.74. The van der Waals surface area contributed by atoms with Crippen LogP contribution in [0.25, 0.3) is 28.3 Å². The number of carbonyl (C=O) groups is 2. The number of carboxylic acid groups (broad SMARTS) is 1. The average molecular weight is 611 g/mol. The predicted molar refractivity (Wildman–Crippen MR) is 159 cm³/mol. The Morgan fingerprint density at radius 1 is 0.886 bits per heavy atom. The van der Waals surface area contributed by atoms with E-state index < -0.39 is 36.3 Å². The van der Waals surface area contributed by atoms with Gasteiger partial charge in [0.25, 0.3) is 5.91 Å². The SMILES string of the molecule is CC(C)n1c(C=C[C@@H](O)C[C@@H](O)CC(=O)[O-])c(-c2ccc(F)cc2)c(-c2ccccc2)c1C(=O)NCc1ccc(F)cc1.[Na+]. The van der Waals surface area contributed by atoms with E-state index in [0.29, 0.717) is 33.6 Å². The van der Waals surface area contributed by atoms with E-state index in [0.717, 1.165) is 5.56 Å². The maximum Gasteiger partial charge on any atom is 1.00 e. The molecule has 0 saturated heterocycles. The Balaban J connectivity index is 0.00000529. The molecule has 3 aromatic carbocycles. The standard InChI is InChI=1S/C34H34F2N2O5.Na/c1-21(2)38-29(17-16-27(39)18-28(40)19-30(41)42)31(24-10-14-26(36)15-11-24)32(23-6-4-3-5-7-23)33(38)34(43)37-20-22-8-12-25(35)13-9-22;/h3-17,21,27-28,39-40H,18-20H2,1-2H3,(H,37,43)(H,41,42);/q;+1/p-1/t27-,28-;/m1./s1. The summed E-state index contributed by atoms with van der Waals surface area (Å²) >= 11 is 0.